The van der Waals surface area contributed by atoms with Crippen molar-refractivity contribution < 1.29 is 22.7 Å². The van der Waals surface area contributed by atoms with E-state index in [0.29, 0.717) is 20.9 Å². The Morgan fingerprint density at radius 2 is 1.66 bits per heavy atom. The van der Waals surface area contributed by atoms with Gasteiger partial charge in [0.1, 0.15) is 18.3 Å². The zero-order valence-corrected chi connectivity index (χ0v) is 26.9. The molecule has 0 saturated carbocycles. The van der Waals surface area contributed by atoms with Crippen LogP contribution < -0.4 is 14.4 Å². The molecule has 0 aromatic heterocycles. The number of hydrogen-bond acceptors (Lipinski definition) is 5. The number of ether oxygens (including phenoxy) is 1. The molecule has 0 heterocycles. The number of carbonyl (C=O) groups is 2. The minimum atomic E-state index is -4.21. The lowest BCUT2D eigenvalue weighted by atomic mass is 10.1. The lowest BCUT2D eigenvalue weighted by molar-refractivity contribution is -0.139. The largest absolute Gasteiger partial charge is 0.496 e. The highest BCUT2D eigenvalue weighted by molar-refractivity contribution is 9.10. The van der Waals surface area contributed by atoms with Gasteiger partial charge in [0.2, 0.25) is 11.8 Å². The number of rotatable bonds is 12. The van der Waals surface area contributed by atoms with Gasteiger partial charge in [0.15, 0.2) is 0 Å². The van der Waals surface area contributed by atoms with Gasteiger partial charge in [0, 0.05) is 17.6 Å². The maximum Gasteiger partial charge on any atom is 0.264 e. The molecule has 0 spiro atoms. The number of halogens is 2. The smallest absolute Gasteiger partial charge is 0.264 e. The molecule has 1 N–H and O–H groups in total. The Balaban J connectivity index is 2.04. The van der Waals surface area contributed by atoms with E-state index < -0.39 is 28.5 Å². The van der Waals surface area contributed by atoms with Crippen molar-refractivity contribution >= 4 is 55.1 Å². The van der Waals surface area contributed by atoms with Gasteiger partial charge < -0.3 is 15.0 Å². The molecule has 8 nitrogen and oxygen atoms in total. The number of nitrogens with one attached hydrogen (secondary N) is 1. The van der Waals surface area contributed by atoms with Gasteiger partial charge in [-0.05, 0) is 91.1 Å². The molecule has 2 amide bonds. The maximum absolute atomic E-state index is 14.0. The summed E-state index contributed by atoms with van der Waals surface area (Å²) < 4.78 is 34.8. The number of aryl methyl sites for hydroxylation is 1. The van der Waals surface area contributed by atoms with Gasteiger partial charge >= 0.3 is 0 Å². The number of anilines is 1. The van der Waals surface area contributed by atoms with Gasteiger partial charge in [-0.2, -0.15) is 0 Å². The van der Waals surface area contributed by atoms with E-state index in [1.807, 2.05) is 20.8 Å². The van der Waals surface area contributed by atoms with Crippen LogP contribution in [0.1, 0.15) is 38.3 Å². The summed E-state index contributed by atoms with van der Waals surface area (Å²) in [5, 5.41) is 3.46. The van der Waals surface area contributed by atoms with Crippen molar-refractivity contribution in [3.63, 3.8) is 0 Å². The van der Waals surface area contributed by atoms with Gasteiger partial charge in [-0.15, -0.1) is 0 Å². The highest BCUT2D eigenvalue weighted by Crippen LogP contribution is 2.31. The summed E-state index contributed by atoms with van der Waals surface area (Å²) in [5.41, 5.74) is 2.00. The van der Waals surface area contributed by atoms with E-state index in [2.05, 4.69) is 21.2 Å². The number of sulfonamides is 1. The van der Waals surface area contributed by atoms with Crippen LogP contribution in [0, 0.1) is 6.92 Å². The highest BCUT2D eigenvalue weighted by Gasteiger charge is 2.33. The molecule has 41 heavy (non-hydrogen) atoms. The summed E-state index contributed by atoms with van der Waals surface area (Å²) in [5.74, 6) is -0.397. The topological polar surface area (TPSA) is 96.0 Å². The van der Waals surface area contributed by atoms with Crippen LogP contribution >= 0.6 is 27.5 Å². The van der Waals surface area contributed by atoms with Crippen LogP contribution in [0.25, 0.3) is 0 Å². The molecule has 2 atom stereocenters. The molecule has 0 aliphatic rings. The molecule has 0 aliphatic heterocycles. The minimum Gasteiger partial charge on any atom is -0.496 e. The van der Waals surface area contributed by atoms with E-state index in [0.717, 1.165) is 21.9 Å². The van der Waals surface area contributed by atoms with E-state index in [1.54, 1.807) is 61.5 Å². The Labute approximate surface area is 255 Å². The second-order valence-electron chi connectivity index (χ2n) is 9.79. The molecule has 0 aliphatic carbocycles. The van der Waals surface area contributed by atoms with Crippen molar-refractivity contribution in [3.8, 4) is 5.75 Å². The molecule has 3 aromatic carbocycles. The fraction of sp³-hybridized carbons (Fsp3) is 0.333. The Morgan fingerprint density at radius 3 is 2.22 bits per heavy atom. The van der Waals surface area contributed by atoms with Gasteiger partial charge in [-0.3, -0.25) is 13.9 Å². The second-order valence-corrected chi connectivity index (χ2v) is 12.9. The van der Waals surface area contributed by atoms with Crippen LogP contribution in [0.15, 0.2) is 76.1 Å². The predicted molar refractivity (Wildman–Crippen MR) is 166 cm³/mol. The minimum absolute atomic E-state index is 0.0228. The van der Waals surface area contributed by atoms with E-state index in [-0.39, 0.29) is 23.4 Å². The fourth-order valence-corrected chi connectivity index (χ4v) is 6.27. The van der Waals surface area contributed by atoms with E-state index in [1.165, 1.54) is 24.1 Å². The Bertz CT molecular complexity index is 1470. The molecule has 0 fully saturated rings. The molecular formula is C30H35BrClN3O5S. The molecule has 2 unspecified atom stereocenters. The van der Waals surface area contributed by atoms with Crippen molar-refractivity contribution in [1.82, 2.24) is 10.2 Å². The summed E-state index contributed by atoms with van der Waals surface area (Å²) >= 11 is 9.41. The number of hydrogen-bond donors (Lipinski definition) is 1. The maximum atomic E-state index is 14.0. The normalized spacial score (nSPS) is 12.8. The van der Waals surface area contributed by atoms with Gasteiger partial charge in [-0.1, -0.05) is 48.4 Å². The average Bonchev–Trinajstić information content (AvgIpc) is 2.95. The standard InChI is InChI=1S/C30H35BrClN3O5S/c1-6-21(3)33-30(37)22(4)34(18-23-9-11-24(32)12-10-23)29(36)19-35(25-13-7-20(2)8-14-25)41(38,39)26-15-16-28(40-5)27(31)17-26/h7-17,21-22H,6,18-19H2,1-5H3,(H,33,37). The first-order chi connectivity index (χ1) is 19.4. The van der Waals surface area contributed by atoms with Crippen LogP contribution in [-0.4, -0.2) is 50.9 Å². The first kappa shape index (κ1) is 32.4. The second kappa shape index (κ2) is 14.2. The Morgan fingerprint density at radius 1 is 1.02 bits per heavy atom. The summed E-state index contributed by atoms with van der Waals surface area (Å²) in [6, 6.07) is 17.3. The summed E-state index contributed by atoms with van der Waals surface area (Å²) in [6.45, 7) is 6.92. The van der Waals surface area contributed by atoms with Gasteiger partial charge in [0.25, 0.3) is 10.0 Å². The number of methoxy groups -OCH3 is 1. The van der Waals surface area contributed by atoms with E-state index in [9.17, 15) is 18.0 Å². The SMILES string of the molecule is CCC(C)NC(=O)C(C)N(Cc1ccc(Cl)cc1)C(=O)CN(c1ccc(C)cc1)S(=O)(=O)c1ccc(OC)c(Br)c1. The molecule has 220 valence electrons. The number of amides is 2. The predicted octanol–water partition coefficient (Wildman–Crippen LogP) is 5.95. The fourth-order valence-electron chi connectivity index (χ4n) is 4.01. The van der Waals surface area contributed by atoms with Crippen molar-refractivity contribution in [3.05, 3.63) is 87.4 Å². The Kier molecular flexibility index (Phi) is 11.2. The zero-order chi connectivity index (χ0) is 30.3. The molecule has 0 saturated heterocycles. The lowest BCUT2D eigenvalue weighted by Gasteiger charge is -2.32. The van der Waals surface area contributed by atoms with Crippen molar-refractivity contribution in [1.29, 1.82) is 0 Å². The van der Waals surface area contributed by atoms with E-state index >= 15 is 0 Å². The van der Waals surface area contributed by atoms with E-state index in [4.69, 9.17) is 16.3 Å². The first-order valence-corrected chi connectivity index (χ1v) is 15.8. The third-order valence-corrected chi connectivity index (χ3v) is 9.39. The van der Waals surface area contributed by atoms with Crippen molar-refractivity contribution in [2.45, 2.75) is 57.6 Å². The van der Waals surface area contributed by atoms with Crippen LogP contribution in [0.5, 0.6) is 5.75 Å². The van der Waals surface area contributed by atoms with Crippen LogP contribution in [-0.2, 0) is 26.2 Å². The van der Waals surface area contributed by atoms with Crippen LogP contribution in [0.4, 0.5) is 5.69 Å². The number of nitrogens with zero attached hydrogens (tertiary/aromatic N) is 2. The molecule has 0 bridgehead atoms. The molecule has 11 heteroatoms. The molecular weight excluding hydrogens is 630 g/mol. The summed E-state index contributed by atoms with van der Waals surface area (Å²) in [4.78, 5) is 28.5. The van der Waals surface area contributed by atoms with Crippen molar-refractivity contribution in [2.75, 3.05) is 18.0 Å². The Hall–Kier alpha value is -3.08. The van der Waals surface area contributed by atoms with Crippen LogP contribution in [0.2, 0.25) is 5.02 Å². The summed E-state index contributed by atoms with van der Waals surface area (Å²) in [6.07, 6.45) is 0.723. The van der Waals surface area contributed by atoms with Gasteiger partial charge in [-0.25, -0.2) is 8.42 Å². The lowest BCUT2D eigenvalue weighted by Crippen LogP contribution is -2.52. The number of carbonyl (C=O) groups excluding carboxylic acids is 2. The molecule has 3 aromatic rings. The number of benzene rings is 3. The van der Waals surface area contributed by atoms with Crippen molar-refractivity contribution in [2.24, 2.45) is 0 Å². The highest BCUT2D eigenvalue weighted by atomic mass is 79.9. The van der Waals surface area contributed by atoms with Gasteiger partial charge in [0.05, 0.1) is 22.2 Å². The monoisotopic (exact) mass is 663 g/mol. The summed E-state index contributed by atoms with van der Waals surface area (Å²) in [7, 11) is -2.72. The first-order valence-electron chi connectivity index (χ1n) is 13.1. The average molecular weight is 665 g/mol. The third kappa shape index (κ3) is 8.24. The molecule has 3 rings (SSSR count). The third-order valence-electron chi connectivity index (χ3n) is 6.75. The zero-order valence-electron chi connectivity index (χ0n) is 23.7. The quantitative estimate of drug-likeness (QED) is 0.258. The molecule has 0 radical (unpaired) electrons. The van der Waals surface area contributed by atoms with Crippen LogP contribution in [0.3, 0.4) is 0 Å².